The fourth-order valence-corrected chi connectivity index (χ4v) is 2.71. The molecule has 0 radical (unpaired) electrons. The zero-order valence-electron chi connectivity index (χ0n) is 16.5. The number of carbonyl (C=O) groups is 3. The van der Waals surface area contributed by atoms with Crippen LogP contribution in [0.25, 0.3) is 10.9 Å². The topological polar surface area (TPSA) is 120 Å². The second-order valence-corrected chi connectivity index (χ2v) is 6.64. The molecule has 1 amide bonds. The van der Waals surface area contributed by atoms with E-state index in [0.717, 1.165) is 4.68 Å². The van der Waals surface area contributed by atoms with E-state index in [-0.39, 0.29) is 24.3 Å². The van der Waals surface area contributed by atoms with Crippen LogP contribution in [0.2, 0.25) is 0 Å². The first-order chi connectivity index (χ1) is 14.3. The highest BCUT2D eigenvalue weighted by molar-refractivity contribution is 5.97. The maximum Gasteiger partial charge on any atom is 0.308 e. The molecular formula is C21H20N4O5. The van der Waals surface area contributed by atoms with Gasteiger partial charge in [-0.05, 0) is 50.2 Å². The molecule has 1 atom stereocenters. The van der Waals surface area contributed by atoms with Crippen LogP contribution in [-0.4, -0.2) is 38.8 Å². The number of hydrogen-bond donors (Lipinski definition) is 1. The molecule has 1 aromatic heterocycles. The molecule has 0 aliphatic rings. The molecule has 0 bridgehead atoms. The van der Waals surface area contributed by atoms with Crippen LogP contribution in [0.15, 0.2) is 53.3 Å². The average Bonchev–Trinajstić information content (AvgIpc) is 2.73. The van der Waals surface area contributed by atoms with Gasteiger partial charge in [0.15, 0.2) is 11.9 Å². The second-order valence-electron chi connectivity index (χ2n) is 6.64. The smallest absolute Gasteiger partial charge is 0.308 e. The van der Waals surface area contributed by atoms with E-state index in [2.05, 4.69) is 15.6 Å². The van der Waals surface area contributed by atoms with Gasteiger partial charge in [0, 0.05) is 11.3 Å². The Morgan fingerprint density at radius 2 is 1.80 bits per heavy atom. The molecule has 0 aliphatic carbocycles. The number of hydrogen-bond acceptors (Lipinski definition) is 7. The van der Waals surface area contributed by atoms with E-state index in [1.165, 1.54) is 13.8 Å². The summed E-state index contributed by atoms with van der Waals surface area (Å²) in [6.07, 6.45) is -1.18. The molecule has 154 valence electrons. The predicted octanol–water partition coefficient (Wildman–Crippen LogP) is 1.95. The quantitative estimate of drug-likeness (QED) is 0.469. The Morgan fingerprint density at radius 3 is 2.50 bits per heavy atom. The van der Waals surface area contributed by atoms with Crippen molar-refractivity contribution >= 4 is 34.3 Å². The highest BCUT2D eigenvalue weighted by atomic mass is 16.5. The van der Waals surface area contributed by atoms with Crippen LogP contribution in [0, 0.1) is 0 Å². The van der Waals surface area contributed by atoms with Crippen molar-refractivity contribution in [2.45, 2.75) is 32.9 Å². The van der Waals surface area contributed by atoms with Crippen LogP contribution in [0.4, 0.5) is 5.69 Å². The first-order valence-electron chi connectivity index (χ1n) is 9.29. The van der Waals surface area contributed by atoms with E-state index in [0.29, 0.717) is 22.2 Å². The number of ether oxygens (including phenoxy) is 1. The van der Waals surface area contributed by atoms with Crippen LogP contribution in [0.5, 0.6) is 0 Å². The fraction of sp³-hybridized carbons (Fsp3) is 0.238. The minimum atomic E-state index is -1.04. The van der Waals surface area contributed by atoms with E-state index in [4.69, 9.17) is 4.74 Å². The van der Waals surface area contributed by atoms with E-state index >= 15 is 0 Å². The number of aryl methyl sites for hydroxylation is 1. The Bertz CT molecular complexity index is 1150. The Kier molecular flexibility index (Phi) is 6.31. The number of aromatic nitrogens is 3. The molecule has 3 rings (SSSR count). The maximum atomic E-state index is 12.4. The van der Waals surface area contributed by atoms with E-state index in [1.807, 2.05) is 0 Å². The van der Waals surface area contributed by atoms with Crippen molar-refractivity contribution in [3.05, 3.63) is 64.4 Å². The normalized spacial score (nSPS) is 11.7. The minimum absolute atomic E-state index is 0.0175. The number of benzene rings is 2. The largest absolute Gasteiger partial charge is 0.452 e. The lowest BCUT2D eigenvalue weighted by molar-refractivity contribution is -0.153. The number of anilines is 1. The Balaban J connectivity index is 1.54. The third kappa shape index (κ3) is 4.93. The van der Waals surface area contributed by atoms with Crippen LogP contribution >= 0.6 is 0 Å². The molecule has 1 heterocycles. The number of amides is 1. The Labute approximate surface area is 171 Å². The van der Waals surface area contributed by atoms with E-state index in [1.54, 1.807) is 48.5 Å². The van der Waals surface area contributed by atoms with Gasteiger partial charge in [-0.3, -0.25) is 19.2 Å². The summed E-state index contributed by atoms with van der Waals surface area (Å²) in [5.74, 6) is -1.24. The zero-order valence-corrected chi connectivity index (χ0v) is 16.5. The Morgan fingerprint density at radius 1 is 1.10 bits per heavy atom. The molecule has 30 heavy (non-hydrogen) atoms. The summed E-state index contributed by atoms with van der Waals surface area (Å²) in [6, 6.07) is 13.2. The Hall–Kier alpha value is -3.88. The molecule has 2 aromatic carbocycles. The summed E-state index contributed by atoms with van der Waals surface area (Å²) in [6.45, 7) is 2.88. The molecule has 9 heteroatoms. The fourth-order valence-electron chi connectivity index (χ4n) is 2.71. The van der Waals surface area contributed by atoms with E-state index < -0.39 is 18.0 Å². The van der Waals surface area contributed by atoms with Crippen LogP contribution in [0.3, 0.4) is 0 Å². The number of ketones is 1. The highest BCUT2D eigenvalue weighted by Crippen LogP contribution is 2.11. The van der Waals surface area contributed by atoms with Crippen molar-refractivity contribution in [2.24, 2.45) is 0 Å². The van der Waals surface area contributed by atoms with Crippen molar-refractivity contribution < 1.29 is 19.1 Å². The van der Waals surface area contributed by atoms with Gasteiger partial charge in [0.2, 0.25) is 0 Å². The summed E-state index contributed by atoms with van der Waals surface area (Å²) in [5.41, 5.74) is 1.13. The van der Waals surface area contributed by atoms with Crippen molar-refractivity contribution in [3.8, 4) is 0 Å². The van der Waals surface area contributed by atoms with Crippen molar-refractivity contribution in [2.75, 3.05) is 5.32 Å². The molecule has 1 N–H and O–H groups in total. The molecule has 9 nitrogen and oxygen atoms in total. The lowest BCUT2D eigenvalue weighted by Gasteiger charge is -2.14. The molecular weight excluding hydrogens is 388 g/mol. The van der Waals surface area contributed by atoms with Crippen molar-refractivity contribution in [1.29, 1.82) is 0 Å². The summed E-state index contributed by atoms with van der Waals surface area (Å²) in [5, 5.41) is 10.8. The number of nitrogens with zero attached hydrogens (tertiary/aromatic N) is 3. The van der Waals surface area contributed by atoms with Crippen molar-refractivity contribution in [1.82, 2.24) is 15.0 Å². The van der Waals surface area contributed by atoms with Gasteiger partial charge in [0.1, 0.15) is 5.52 Å². The van der Waals surface area contributed by atoms with Gasteiger partial charge in [-0.25, -0.2) is 4.68 Å². The number of Topliss-reactive ketones (excluding diaryl/α,β-unsaturated/α-hetero) is 1. The van der Waals surface area contributed by atoms with Gasteiger partial charge in [-0.1, -0.05) is 17.3 Å². The molecule has 0 spiro atoms. The van der Waals surface area contributed by atoms with Gasteiger partial charge in [-0.2, -0.15) is 0 Å². The van der Waals surface area contributed by atoms with Crippen LogP contribution in [-0.2, 0) is 20.9 Å². The summed E-state index contributed by atoms with van der Waals surface area (Å²) in [4.78, 5) is 47.9. The average molecular weight is 408 g/mol. The molecule has 0 fully saturated rings. The van der Waals surface area contributed by atoms with Gasteiger partial charge in [0.25, 0.3) is 11.5 Å². The van der Waals surface area contributed by atoms with Crippen molar-refractivity contribution in [3.63, 3.8) is 0 Å². The first-order valence-corrected chi connectivity index (χ1v) is 9.29. The first kappa shape index (κ1) is 20.8. The number of rotatable bonds is 7. The van der Waals surface area contributed by atoms with Gasteiger partial charge in [-0.15, -0.1) is 5.10 Å². The van der Waals surface area contributed by atoms with Crippen LogP contribution in [0.1, 0.15) is 30.6 Å². The SMILES string of the molecule is CC(=O)c1ccc(NC(=O)C(C)OC(=O)CCn2nnc3ccccc3c2=O)cc1. The predicted molar refractivity (Wildman–Crippen MR) is 109 cm³/mol. The number of esters is 1. The monoisotopic (exact) mass is 408 g/mol. The molecule has 3 aromatic rings. The standard InChI is InChI=1S/C21H20N4O5/c1-13(26)15-7-9-16(10-8-15)22-20(28)14(2)30-19(27)11-12-25-21(29)17-5-3-4-6-18(17)23-24-25/h3-10,14H,11-12H2,1-2H3,(H,22,28). The second kappa shape index (κ2) is 9.08. The summed E-state index contributed by atoms with van der Waals surface area (Å²) in [7, 11) is 0. The number of fused-ring (bicyclic) bond motifs is 1. The zero-order chi connectivity index (χ0) is 21.7. The minimum Gasteiger partial charge on any atom is -0.452 e. The van der Waals surface area contributed by atoms with Gasteiger partial charge < -0.3 is 10.1 Å². The highest BCUT2D eigenvalue weighted by Gasteiger charge is 2.18. The van der Waals surface area contributed by atoms with Gasteiger partial charge in [0.05, 0.1) is 18.4 Å². The summed E-state index contributed by atoms with van der Waals surface area (Å²) >= 11 is 0. The third-order valence-corrected chi connectivity index (χ3v) is 4.39. The lowest BCUT2D eigenvalue weighted by Crippen LogP contribution is -2.31. The number of carbonyl (C=O) groups excluding carboxylic acids is 3. The molecule has 0 saturated carbocycles. The van der Waals surface area contributed by atoms with E-state index in [9.17, 15) is 19.2 Å². The molecule has 1 unspecified atom stereocenters. The van der Waals surface area contributed by atoms with Gasteiger partial charge >= 0.3 is 5.97 Å². The summed E-state index contributed by atoms with van der Waals surface area (Å²) < 4.78 is 6.21. The third-order valence-electron chi connectivity index (χ3n) is 4.39. The number of nitrogens with one attached hydrogen (secondary N) is 1. The van der Waals surface area contributed by atoms with Crippen LogP contribution < -0.4 is 10.9 Å². The molecule has 0 saturated heterocycles. The maximum absolute atomic E-state index is 12.4. The lowest BCUT2D eigenvalue weighted by atomic mass is 10.1. The molecule has 0 aliphatic heterocycles.